The maximum Gasteiger partial charge on any atom is 0.161 e. The Bertz CT molecular complexity index is 979. The molecular formula is C22H24N2O4. The molecule has 0 spiro atoms. The van der Waals surface area contributed by atoms with Crippen LogP contribution in [0.5, 0.6) is 23.0 Å². The van der Waals surface area contributed by atoms with Gasteiger partial charge in [-0.2, -0.15) is 0 Å². The fourth-order valence-electron chi connectivity index (χ4n) is 3.80. The van der Waals surface area contributed by atoms with Crippen LogP contribution in [-0.4, -0.2) is 41.2 Å². The van der Waals surface area contributed by atoms with Crippen LogP contribution in [0.4, 0.5) is 0 Å². The van der Waals surface area contributed by atoms with Gasteiger partial charge < -0.3 is 24.3 Å². The van der Waals surface area contributed by atoms with Crippen LogP contribution in [0.2, 0.25) is 0 Å². The smallest absolute Gasteiger partial charge is 0.161 e. The second-order valence-electron chi connectivity index (χ2n) is 6.64. The first-order valence-electron chi connectivity index (χ1n) is 9.21. The normalized spacial score (nSPS) is 17.3. The Hall–Kier alpha value is -3.15. The molecule has 0 aromatic heterocycles. The highest BCUT2D eigenvalue weighted by Gasteiger charge is 2.25. The molecule has 2 aromatic rings. The van der Waals surface area contributed by atoms with Crippen molar-refractivity contribution in [3.05, 3.63) is 46.5 Å². The summed E-state index contributed by atoms with van der Waals surface area (Å²) >= 11 is 0. The molecule has 2 heterocycles. The van der Waals surface area contributed by atoms with Crippen LogP contribution < -0.4 is 24.3 Å². The van der Waals surface area contributed by atoms with E-state index in [1.54, 1.807) is 28.4 Å². The van der Waals surface area contributed by atoms with Gasteiger partial charge in [0.2, 0.25) is 0 Å². The lowest BCUT2D eigenvalue weighted by atomic mass is 9.91. The summed E-state index contributed by atoms with van der Waals surface area (Å²) in [6, 6.07) is 8.10. The zero-order valence-electron chi connectivity index (χ0n) is 16.6. The lowest BCUT2D eigenvalue weighted by Gasteiger charge is -2.26. The number of nitrogens with zero attached hydrogens (tertiary/aromatic N) is 1. The summed E-state index contributed by atoms with van der Waals surface area (Å²) in [7, 11) is 6.61. The molecule has 0 saturated heterocycles. The Kier molecular flexibility index (Phi) is 4.86. The molecule has 0 unspecified atom stereocenters. The lowest BCUT2D eigenvalue weighted by molar-refractivity contribution is 0.354. The van der Waals surface area contributed by atoms with Gasteiger partial charge >= 0.3 is 0 Å². The molecule has 0 radical (unpaired) electrons. The average Bonchev–Trinajstić information content (AvgIpc) is 2.76. The summed E-state index contributed by atoms with van der Waals surface area (Å²) in [6.07, 6.45) is 3.60. The van der Waals surface area contributed by atoms with Crippen LogP contribution in [0.25, 0.3) is 11.4 Å². The molecule has 146 valence electrons. The first-order chi connectivity index (χ1) is 13.7. The van der Waals surface area contributed by atoms with E-state index in [2.05, 4.69) is 11.4 Å². The van der Waals surface area contributed by atoms with Crippen molar-refractivity contribution in [3.8, 4) is 23.0 Å². The number of nitrogens with one attached hydrogen (secondary N) is 1. The number of ether oxygens (including phenoxy) is 4. The molecule has 1 N–H and O–H groups in total. The van der Waals surface area contributed by atoms with E-state index >= 15 is 0 Å². The summed E-state index contributed by atoms with van der Waals surface area (Å²) in [5.74, 6) is 2.87. The van der Waals surface area contributed by atoms with Gasteiger partial charge in [-0.25, -0.2) is 0 Å². The molecule has 0 bridgehead atoms. The zero-order chi connectivity index (χ0) is 19.7. The van der Waals surface area contributed by atoms with Crippen LogP contribution in [-0.2, 0) is 12.8 Å². The predicted octanol–water partition coefficient (Wildman–Crippen LogP) is 3.32. The molecule has 2 aliphatic rings. The standard InChI is InChI=1S/C22H24N2O4/c1-25-17-9-13-5-7-23-21(15(13)11-19(17)27-3)22-16-12-20(28-4)18(26-2)10-14(16)6-8-24-22/h7,9-12,24H,5-6,8H2,1-4H3/b22-21-. The highest BCUT2D eigenvalue weighted by molar-refractivity contribution is 5.97. The van der Waals surface area contributed by atoms with Crippen molar-refractivity contribution in [2.45, 2.75) is 12.8 Å². The molecule has 0 fully saturated rings. The molecular weight excluding hydrogens is 356 g/mol. The van der Waals surface area contributed by atoms with Crippen LogP contribution in [0, 0.1) is 0 Å². The van der Waals surface area contributed by atoms with Crippen molar-refractivity contribution < 1.29 is 18.9 Å². The van der Waals surface area contributed by atoms with E-state index in [1.807, 2.05) is 24.4 Å². The highest BCUT2D eigenvalue weighted by atomic mass is 16.5. The third-order valence-electron chi connectivity index (χ3n) is 5.21. The zero-order valence-corrected chi connectivity index (χ0v) is 16.6. The van der Waals surface area contributed by atoms with Crippen LogP contribution in [0.15, 0.2) is 29.3 Å². The third-order valence-corrected chi connectivity index (χ3v) is 5.21. The first-order valence-corrected chi connectivity index (χ1v) is 9.21. The van der Waals surface area contributed by atoms with Crippen LogP contribution in [0.1, 0.15) is 22.3 Å². The van der Waals surface area contributed by atoms with E-state index in [9.17, 15) is 0 Å². The molecule has 0 aliphatic carbocycles. The molecule has 4 rings (SSSR count). The summed E-state index contributed by atoms with van der Waals surface area (Å²) in [6.45, 7) is 0.833. The first kappa shape index (κ1) is 18.2. The minimum Gasteiger partial charge on any atom is -0.493 e. The number of fused-ring (bicyclic) bond motifs is 2. The van der Waals surface area contributed by atoms with Gasteiger partial charge in [0.25, 0.3) is 0 Å². The molecule has 0 saturated carbocycles. The minimum absolute atomic E-state index is 0.694. The van der Waals surface area contributed by atoms with Crippen LogP contribution in [0.3, 0.4) is 0 Å². The van der Waals surface area contributed by atoms with Crippen molar-refractivity contribution in [2.24, 2.45) is 4.99 Å². The van der Waals surface area contributed by atoms with Crippen molar-refractivity contribution >= 4 is 17.6 Å². The SMILES string of the molecule is COc1cc2c(cc1OC)/C(=C1/NCCc3cc(OC)c(OC)cc31)N=CC2. The second kappa shape index (κ2) is 7.46. The van der Waals surface area contributed by atoms with Gasteiger partial charge in [0.15, 0.2) is 23.0 Å². The van der Waals surface area contributed by atoms with Crippen molar-refractivity contribution in [3.63, 3.8) is 0 Å². The van der Waals surface area contributed by atoms with Gasteiger partial charge in [0, 0.05) is 30.3 Å². The largest absolute Gasteiger partial charge is 0.493 e. The van der Waals surface area contributed by atoms with Gasteiger partial charge in [-0.1, -0.05) is 0 Å². The van der Waals surface area contributed by atoms with E-state index in [1.165, 1.54) is 5.56 Å². The Morgan fingerprint density at radius 1 is 0.750 bits per heavy atom. The van der Waals surface area contributed by atoms with Gasteiger partial charge in [-0.05, 0) is 41.8 Å². The lowest BCUT2D eigenvalue weighted by Crippen LogP contribution is -2.24. The average molecular weight is 380 g/mol. The Morgan fingerprint density at radius 3 is 1.96 bits per heavy atom. The molecule has 28 heavy (non-hydrogen) atoms. The van der Waals surface area contributed by atoms with Crippen molar-refractivity contribution in [2.75, 3.05) is 35.0 Å². The Morgan fingerprint density at radius 2 is 1.32 bits per heavy atom. The van der Waals surface area contributed by atoms with Crippen molar-refractivity contribution in [1.82, 2.24) is 5.32 Å². The summed E-state index contributed by atoms with van der Waals surface area (Å²) in [4.78, 5) is 4.75. The van der Waals surface area contributed by atoms with Crippen LogP contribution >= 0.6 is 0 Å². The molecule has 2 aliphatic heterocycles. The van der Waals surface area contributed by atoms with Gasteiger partial charge in [0.05, 0.1) is 39.8 Å². The summed E-state index contributed by atoms with van der Waals surface area (Å²) in [5.41, 5.74) is 6.39. The Balaban J connectivity index is 1.93. The predicted molar refractivity (Wildman–Crippen MR) is 110 cm³/mol. The molecule has 0 atom stereocenters. The fourth-order valence-corrected chi connectivity index (χ4v) is 3.80. The number of hydrogen-bond donors (Lipinski definition) is 1. The highest BCUT2D eigenvalue weighted by Crippen LogP contribution is 2.41. The monoisotopic (exact) mass is 380 g/mol. The maximum atomic E-state index is 5.52. The fraction of sp³-hybridized carbons (Fsp3) is 0.318. The number of methoxy groups -OCH3 is 4. The quantitative estimate of drug-likeness (QED) is 0.882. The number of benzene rings is 2. The summed E-state index contributed by atoms with van der Waals surface area (Å²) < 4.78 is 22.0. The van der Waals surface area contributed by atoms with E-state index in [0.717, 1.165) is 59.0 Å². The molecule has 0 amide bonds. The molecule has 2 aromatic carbocycles. The molecule has 6 heteroatoms. The number of rotatable bonds is 4. The maximum absolute atomic E-state index is 5.52. The van der Waals surface area contributed by atoms with E-state index in [-0.39, 0.29) is 0 Å². The topological polar surface area (TPSA) is 61.3 Å². The summed E-state index contributed by atoms with van der Waals surface area (Å²) in [5, 5.41) is 3.54. The van der Waals surface area contributed by atoms with Gasteiger partial charge in [-0.3, -0.25) is 4.99 Å². The van der Waals surface area contributed by atoms with E-state index in [4.69, 9.17) is 23.9 Å². The molecule has 6 nitrogen and oxygen atoms in total. The van der Waals surface area contributed by atoms with E-state index < -0.39 is 0 Å². The number of aliphatic imine (C=N–C) groups is 1. The van der Waals surface area contributed by atoms with Gasteiger partial charge in [-0.15, -0.1) is 0 Å². The van der Waals surface area contributed by atoms with E-state index in [0.29, 0.717) is 11.5 Å². The Labute approximate surface area is 164 Å². The van der Waals surface area contributed by atoms with Gasteiger partial charge in [0.1, 0.15) is 0 Å². The minimum atomic E-state index is 0.694. The third kappa shape index (κ3) is 2.95. The number of hydrogen-bond acceptors (Lipinski definition) is 6. The van der Waals surface area contributed by atoms with Crippen molar-refractivity contribution in [1.29, 1.82) is 0 Å². The second-order valence-corrected chi connectivity index (χ2v) is 6.64.